The lowest BCUT2D eigenvalue weighted by Gasteiger charge is -2.10. The fourth-order valence-electron chi connectivity index (χ4n) is 2.76. The highest BCUT2D eigenvalue weighted by atomic mass is 32.2. The maximum Gasteiger partial charge on any atom is 0.175 e. The van der Waals surface area contributed by atoms with Crippen molar-refractivity contribution in [1.29, 1.82) is 0 Å². The number of halogens is 1. The number of thioether (sulfide) groups is 1. The Morgan fingerprint density at radius 2 is 2.08 bits per heavy atom. The number of hydrogen-bond donors (Lipinski definition) is 0. The van der Waals surface area contributed by atoms with Crippen molar-refractivity contribution >= 4 is 17.5 Å². The smallest absolute Gasteiger partial charge is 0.175 e. The van der Waals surface area contributed by atoms with Crippen molar-refractivity contribution in [2.75, 3.05) is 5.75 Å². The highest BCUT2D eigenvalue weighted by Crippen LogP contribution is 2.24. The van der Waals surface area contributed by atoms with Crippen LogP contribution in [0.25, 0.3) is 5.69 Å². The molecule has 2 heterocycles. The number of benzene rings is 1. The zero-order valence-electron chi connectivity index (χ0n) is 13.8. The van der Waals surface area contributed by atoms with Gasteiger partial charge in [-0.25, -0.2) is 9.37 Å². The van der Waals surface area contributed by atoms with Gasteiger partial charge in [-0.3, -0.25) is 4.79 Å². The summed E-state index contributed by atoms with van der Waals surface area (Å²) in [6, 6.07) is 8.24. The van der Waals surface area contributed by atoms with Gasteiger partial charge in [0.2, 0.25) is 0 Å². The van der Waals surface area contributed by atoms with Crippen LogP contribution in [0.4, 0.5) is 4.39 Å². The van der Waals surface area contributed by atoms with E-state index in [1.54, 1.807) is 12.3 Å². The van der Waals surface area contributed by atoms with Crippen molar-refractivity contribution in [1.82, 2.24) is 14.1 Å². The van der Waals surface area contributed by atoms with Crippen molar-refractivity contribution in [3.05, 3.63) is 65.5 Å². The second-order valence-corrected chi connectivity index (χ2v) is 6.58. The molecule has 24 heavy (non-hydrogen) atoms. The second kappa shape index (κ2) is 6.65. The van der Waals surface area contributed by atoms with Gasteiger partial charge in [0.05, 0.1) is 5.75 Å². The minimum atomic E-state index is -0.293. The molecule has 2 aromatic heterocycles. The second-order valence-electron chi connectivity index (χ2n) is 5.63. The Morgan fingerprint density at radius 3 is 2.75 bits per heavy atom. The van der Waals surface area contributed by atoms with Gasteiger partial charge in [0.1, 0.15) is 5.82 Å². The average molecular weight is 343 g/mol. The van der Waals surface area contributed by atoms with Crippen LogP contribution in [0.1, 0.15) is 21.7 Å². The predicted octanol–water partition coefficient (Wildman–Crippen LogP) is 3.94. The summed E-state index contributed by atoms with van der Waals surface area (Å²) < 4.78 is 17.3. The first-order valence-corrected chi connectivity index (χ1v) is 8.54. The van der Waals surface area contributed by atoms with Gasteiger partial charge >= 0.3 is 0 Å². The molecule has 0 saturated carbocycles. The monoisotopic (exact) mass is 343 g/mol. The van der Waals surface area contributed by atoms with Crippen molar-refractivity contribution in [2.45, 2.75) is 19.0 Å². The Morgan fingerprint density at radius 1 is 1.29 bits per heavy atom. The molecule has 0 bridgehead atoms. The molecule has 0 aliphatic carbocycles. The molecular weight excluding hydrogens is 325 g/mol. The number of imidazole rings is 1. The van der Waals surface area contributed by atoms with Gasteiger partial charge in [-0.2, -0.15) is 0 Å². The predicted molar refractivity (Wildman–Crippen MR) is 93.5 cm³/mol. The Hall–Kier alpha value is -2.34. The number of rotatable bonds is 5. The third-order valence-corrected chi connectivity index (χ3v) is 4.97. The fourth-order valence-corrected chi connectivity index (χ4v) is 3.57. The van der Waals surface area contributed by atoms with E-state index in [2.05, 4.69) is 4.98 Å². The zero-order chi connectivity index (χ0) is 17.3. The summed E-state index contributed by atoms with van der Waals surface area (Å²) in [5.41, 5.74) is 3.12. The van der Waals surface area contributed by atoms with Gasteiger partial charge in [-0.15, -0.1) is 0 Å². The van der Waals surface area contributed by atoms with Crippen LogP contribution in [0.3, 0.4) is 0 Å². The van der Waals surface area contributed by atoms with Crippen molar-refractivity contribution in [3.63, 3.8) is 0 Å². The van der Waals surface area contributed by atoms with E-state index in [0.29, 0.717) is 11.3 Å². The lowest BCUT2D eigenvalue weighted by molar-refractivity contribution is 0.102. The number of aryl methyl sites for hydroxylation is 2. The van der Waals surface area contributed by atoms with Crippen molar-refractivity contribution in [3.8, 4) is 5.69 Å². The summed E-state index contributed by atoms with van der Waals surface area (Å²) in [5.74, 6) is 0.0649. The molecule has 0 aliphatic rings. The van der Waals surface area contributed by atoms with Gasteiger partial charge in [0.15, 0.2) is 10.9 Å². The Balaban J connectivity index is 1.85. The van der Waals surface area contributed by atoms with E-state index >= 15 is 0 Å². The van der Waals surface area contributed by atoms with Gasteiger partial charge in [-0.1, -0.05) is 17.8 Å². The lowest BCUT2D eigenvalue weighted by atomic mass is 10.2. The number of carbonyl (C=O) groups excluding carboxylic acids is 1. The van der Waals surface area contributed by atoms with Gasteiger partial charge in [0.25, 0.3) is 0 Å². The van der Waals surface area contributed by atoms with E-state index in [0.717, 1.165) is 22.2 Å². The normalized spacial score (nSPS) is 11.0. The third-order valence-electron chi connectivity index (χ3n) is 3.91. The summed E-state index contributed by atoms with van der Waals surface area (Å²) in [6.07, 6.45) is 3.56. The first-order valence-electron chi connectivity index (χ1n) is 7.55. The molecule has 0 fully saturated rings. The molecule has 0 radical (unpaired) electrons. The first-order chi connectivity index (χ1) is 11.5. The number of Topliss-reactive ketones (excluding diaryl/α,β-unsaturated/α-hetero) is 1. The summed E-state index contributed by atoms with van der Waals surface area (Å²) >= 11 is 1.41. The van der Waals surface area contributed by atoms with Crippen LogP contribution in [0.5, 0.6) is 0 Å². The van der Waals surface area contributed by atoms with E-state index in [9.17, 15) is 9.18 Å². The summed E-state index contributed by atoms with van der Waals surface area (Å²) in [5, 5.41) is 0.808. The van der Waals surface area contributed by atoms with Gasteiger partial charge in [-0.05, 0) is 38.1 Å². The maximum atomic E-state index is 13.5. The summed E-state index contributed by atoms with van der Waals surface area (Å²) in [6.45, 7) is 3.80. The van der Waals surface area contributed by atoms with Crippen LogP contribution in [0, 0.1) is 19.7 Å². The molecular formula is C18H18FN3OS. The summed E-state index contributed by atoms with van der Waals surface area (Å²) in [7, 11) is 1.90. The number of carbonyl (C=O) groups is 1. The molecule has 3 aromatic rings. The molecule has 0 N–H and O–H groups in total. The maximum absolute atomic E-state index is 13.5. The van der Waals surface area contributed by atoms with E-state index < -0.39 is 0 Å². The average Bonchev–Trinajstić information content (AvgIpc) is 3.08. The van der Waals surface area contributed by atoms with Crippen LogP contribution in [0.2, 0.25) is 0 Å². The van der Waals surface area contributed by atoms with Crippen LogP contribution in [0.15, 0.2) is 47.9 Å². The Labute approximate surface area is 144 Å². The molecule has 1 aromatic carbocycles. The van der Waals surface area contributed by atoms with Crippen LogP contribution < -0.4 is 0 Å². The third kappa shape index (κ3) is 3.14. The quantitative estimate of drug-likeness (QED) is 0.520. The van der Waals surface area contributed by atoms with E-state index in [1.807, 2.05) is 48.4 Å². The van der Waals surface area contributed by atoms with Crippen molar-refractivity contribution < 1.29 is 9.18 Å². The molecule has 0 saturated heterocycles. The van der Waals surface area contributed by atoms with Gasteiger partial charge < -0.3 is 9.13 Å². The highest BCUT2D eigenvalue weighted by Gasteiger charge is 2.17. The SMILES string of the molecule is Cc1cc(C(=O)CSc2nccn2C)c(C)n1-c1cccc(F)c1. The first kappa shape index (κ1) is 16.5. The molecule has 0 atom stereocenters. The molecule has 4 nitrogen and oxygen atoms in total. The number of hydrogen-bond acceptors (Lipinski definition) is 3. The molecule has 3 rings (SSSR count). The number of ketones is 1. The van der Waals surface area contributed by atoms with Crippen molar-refractivity contribution in [2.24, 2.45) is 7.05 Å². The molecule has 6 heteroatoms. The molecule has 0 unspecified atom stereocenters. The zero-order valence-corrected chi connectivity index (χ0v) is 14.6. The van der Waals surface area contributed by atoms with E-state index in [-0.39, 0.29) is 11.6 Å². The van der Waals surface area contributed by atoms with Gasteiger partial charge in [0, 0.05) is 42.1 Å². The standard InChI is InChI=1S/C18H18FN3OS/c1-12-9-16(17(23)11-24-18-20-7-8-21(18)3)13(2)22(12)15-6-4-5-14(19)10-15/h4-10H,11H2,1-3H3. The molecule has 0 amide bonds. The fraction of sp³-hybridized carbons (Fsp3) is 0.222. The minimum absolute atomic E-state index is 0.0405. The summed E-state index contributed by atoms with van der Waals surface area (Å²) in [4.78, 5) is 16.8. The van der Waals surface area contributed by atoms with E-state index in [4.69, 9.17) is 0 Å². The number of nitrogens with zero attached hydrogens (tertiary/aromatic N) is 3. The highest BCUT2D eigenvalue weighted by molar-refractivity contribution is 7.99. The molecule has 0 aliphatic heterocycles. The molecule has 0 spiro atoms. The Kier molecular flexibility index (Phi) is 4.57. The van der Waals surface area contributed by atoms with Crippen LogP contribution >= 0.6 is 11.8 Å². The minimum Gasteiger partial charge on any atom is -0.329 e. The largest absolute Gasteiger partial charge is 0.329 e. The molecule has 124 valence electrons. The van der Waals surface area contributed by atoms with E-state index in [1.165, 1.54) is 23.9 Å². The number of aromatic nitrogens is 3. The Bertz CT molecular complexity index is 898. The topological polar surface area (TPSA) is 39.8 Å². The van der Waals surface area contributed by atoms with Crippen LogP contribution in [-0.4, -0.2) is 25.7 Å². The van der Waals surface area contributed by atoms with Crippen LogP contribution in [-0.2, 0) is 7.05 Å². The lowest BCUT2D eigenvalue weighted by Crippen LogP contribution is -2.06.